The Morgan fingerprint density at radius 2 is 2.16 bits per heavy atom. The monoisotopic (exact) mass is 360 g/mol. The predicted molar refractivity (Wildman–Crippen MR) is 95.4 cm³/mol. The Balaban J connectivity index is 1.68. The standard InChI is InChI=1S/C19H21ClN2O3/c1-13-7-8-15(20)11-14(13)12-21-18(23)16-5-2-3-9-22(16)19(24)17-6-4-10-25-17/h4,6-8,10-11,16H,2-3,5,9,12H2,1H3,(H,21,23). The number of halogens is 1. The zero-order valence-electron chi connectivity index (χ0n) is 14.1. The molecule has 1 fully saturated rings. The fourth-order valence-electron chi connectivity index (χ4n) is 3.12. The molecule has 6 heteroatoms. The van der Waals surface area contributed by atoms with Gasteiger partial charge in [-0.15, -0.1) is 0 Å². The minimum atomic E-state index is -0.467. The summed E-state index contributed by atoms with van der Waals surface area (Å²) < 4.78 is 5.20. The topological polar surface area (TPSA) is 62.6 Å². The number of piperidine rings is 1. The molecule has 0 spiro atoms. The Morgan fingerprint density at radius 1 is 1.32 bits per heavy atom. The Hall–Kier alpha value is -2.27. The van der Waals surface area contributed by atoms with Crippen molar-refractivity contribution in [2.75, 3.05) is 6.54 Å². The molecule has 1 saturated heterocycles. The summed E-state index contributed by atoms with van der Waals surface area (Å²) in [6, 6.07) is 8.44. The highest BCUT2D eigenvalue weighted by Gasteiger charge is 2.33. The second kappa shape index (κ2) is 7.74. The van der Waals surface area contributed by atoms with Crippen molar-refractivity contribution in [2.45, 2.75) is 38.8 Å². The molecule has 0 radical (unpaired) electrons. The van der Waals surface area contributed by atoms with Gasteiger partial charge in [0.15, 0.2) is 5.76 Å². The smallest absolute Gasteiger partial charge is 0.290 e. The van der Waals surface area contributed by atoms with Crippen molar-refractivity contribution in [3.63, 3.8) is 0 Å². The molecular weight excluding hydrogens is 340 g/mol. The molecular formula is C19H21ClN2O3. The molecule has 3 rings (SSSR count). The van der Waals surface area contributed by atoms with Gasteiger partial charge in [-0.25, -0.2) is 0 Å². The molecule has 1 atom stereocenters. The maximum atomic E-state index is 12.7. The van der Waals surface area contributed by atoms with E-state index in [0.29, 0.717) is 24.5 Å². The zero-order chi connectivity index (χ0) is 17.8. The average Bonchev–Trinajstić information content (AvgIpc) is 3.16. The van der Waals surface area contributed by atoms with Gasteiger partial charge in [0, 0.05) is 18.1 Å². The van der Waals surface area contributed by atoms with Gasteiger partial charge in [-0.3, -0.25) is 9.59 Å². The number of furan rings is 1. The van der Waals surface area contributed by atoms with Crippen LogP contribution in [0, 0.1) is 6.92 Å². The third-order valence-electron chi connectivity index (χ3n) is 4.56. The zero-order valence-corrected chi connectivity index (χ0v) is 14.9. The molecule has 1 aromatic carbocycles. The van der Waals surface area contributed by atoms with E-state index in [9.17, 15) is 9.59 Å². The summed E-state index contributed by atoms with van der Waals surface area (Å²) in [6.07, 6.45) is 3.95. The molecule has 2 heterocycles. The molecule has 1 unspecified atom stereocenters. The number of nitrogens with zero attached hydrogens (tertiary/aromatic N) is 1. The van der Waals surface area contributed by atoms with E-state index in [1.807, 2.05) is 25.1 Å². The minimum Gasteiger partial charge on any atom is -0.459 e. The van der Waals surface area contributed by atoms with E-state index in [1.165, 1.54) is 6.26 Å². The molecule has 0 aliphatic carbocycles. The van der Waals surface area contributed by atoms with Crippen molar-refractivity contribution in [1.82, 2.24) is 10.2 Å². The van der Waals surface area contributed by atoms with E-state index in [4.69, 9.17) is 16.0 Å². The summed E-state index contributed by atoms with van der Waals surface area (Å²) >= 11 is 6.03. The van der Waals surface area contributed by atoms with Gasteiger partial charge in [0.1, 0.15) is 6.04 Å². The first kappa shape index (κ1) is 17.5. The molecule has 2 aromatic rings. The maximum Gasteiger partial charge on any atom is 0.290 e. The number of carbonyl (C=O) groups excluding carboxylic acids is 2. The van der Waals surface area contributed by atoms with Crippen LogP contribution in [0.3, 0.4) is 0 Å². The van der Waals surface area contributed by atoms with Crippen molar-refractivity contribution < 1.29 is 14.0 Å². The summed E-state index contributed by atoms with van der Waals surface area (Å²) in [7, 11) is 0. The van der Waals surface area contributed by atoms with Crippen molar-refractivity contribution in [1.29, 1.82) is 0 Å². The van der Waals surface area contributed by atoms with Gasteiger partial charge >= 0.3 is 0 Å². The van der Waals surface area contributed by atoms with Crippen LogP contribution in [-0.2, 0) is 11.3 Å². The van der Waals surface area contributed by atoms with Crippen LogP contribution in [-0.4, -0.2) is 29.3 Å². The van der Waals surface area contributed by atoms with Crippen molar-refractivity contribution in [2.24, 2.45) is 0 Å². The molecule has 1 aliphatic heterocycles. The van der Waals surface area contributed by atoms with E-state index in [-0.39, 0.29) is 17.6 Å². The number of amides is 2. The molecule has 1 aromatic heterocycles. The maximum absolute atomic E-state index is 12.7. The highest BCUT2D eigenvalue weighted by atomic mass is 35.5. The number of carbonyl (C=O) groups is 2. The SMILES string of the molecule is Cc1ccc(Cl)cc1CNC(=O)C1CCCCN1C(=O)c1ccco1. The van der Waals surface area contributed by atoms with Crippen molar-refractivity contribution in [3.05, 3.63) is 58.5 Å². The second-order valence-corrected chi connectivity index (χ2v) is 6.71. The van der Waals surface area contributed by atoms with Gasteiger partial charge in [0.25, 0.3) is 5.91 Å². The molecule has 0 bridgehead atoms. The molecule has 1 aliphatic rings. The third-order valence-corrected chi connectivity index (χ3v) is 4.80. The molecule has 25 heavy (non-hydrogen) atoms. The first-order valence-corrected chi connectivity index (χ1v) is 8.81. The number of rotatable bonds is 4. The summed E-state index contributed by atoms with van der Waals surface area (Å²) in [5, 5.41) is 3.59. The Labute approximate surface area is 151 Å². The first-order valence-electron chi connectivity index (χ1n) is 8.43. The lowest BCUT2D eigenvalue weighted by Crippen LogP contribution is -2.51. The summed E-state index contributed by atoms with van der Waals surface area (Å²) in [5.74, 6) is -0.104. The fourth-order valence-corrected chi connectivity index (χ4v) is 3.31. The van der Waals surface area contributed by atoms with E-state index in [1.54, 1.807) is 17.0 Å². The number of likely N-dealkylation sites (tertiary alicyclic amines) is 1. The van der Waals surface area contributed by atoms with Crippen LogP contribution < -0.4 is 5.32 Å². The number of hydrogen-bond donors (Lipinski definition) is 1. The van der Waals surface area contributed by atoms with Crippen LogP contribution in [0.4, 0.5) is 0 Å². The normalized spacial score (nSPS) is 17.4. The van der Waals surface area contributed by atoms with Gasteiger partial charge in [-0.05, 0) is 61.6 Å². The lowest BCUT2D eigenvalue weighted by molar-refractivity contribution is -0.126. The van der Waals surface area contributed by atoms with Crippen LogP contribution in [0.5, 0.6) is 0 Å². The number of benzene rings is 1. The van der Waals surface area contributed by atoms with E-state index in [2.05, 4.69) is 5.32 Å². The number of aryl methyl sites for hydroxylation is 1. The van der Waals surface area contributed by atoms with Gasteiger partial charge < -0.3 is 14.6 Å². The molecule has 1 N–H and O–H groups in total. The van der Waals surface area contributed by atoms with Crippen LogP contribution >= 0.6 is 11.6 Å². The molecule has 5 nitrogen and oxygen atoms in total. The van der Waals surface area contributed by atoms with Crippen molar-refractivity contribution >= 4 is 23.4 Å². The lowest BCUT2D eigenvalue weighted by Gasteiger charge is -2.34. The highest BCUT2D eigenvalue weighted by Crippen LogP contribution is 2.21. The molecule has 0 saturated carbocycles. The Kier molecular flexibility index (Phi) is 5.43. The van der Waals surface area contributed by atoms with Crippen LogP contribution in [0.25, 0.3) is 0 Å². The van der Waals surface area contributed by atoms with E-state index < -0.39 is 6.04 Å². The molecule has 132 valence electrons. The predicted octanol–water partition coefficient (Wildman–Crippen LogP) is 3.55. The fraction of sp³-hybridized carbons (Fsp3) is 0.368. The highest BCUT2D eigenvalue weighted by molar-refractivity contribution is 6.30. The minimum absolute atomic E-state index is 0.140. The van der Waals surface area contributed by atoms with Crippen LogP contribution in [0.2, 0.25) is 5.02 Å². The first-order chi connectivity index (χ1) is 12.1. The van der Waals surface area contributed by atoms with Gasteiger partial charge in [0.2, 0.25) is 5.91 Å². The van der Waals surface area contributed by atoms with Gasteiger partial charge in [-0.1, -0.05) is 17.7 Å². The van der Waals surface area contributed by atoms with E-state index >= 15 is 0 Å². The van der Waals surface area contributed by atoms with Gasteiger partial charge in [0.05, 0.1) is 6.26 Å². The van der Waals surface area contributed by atoms with Crippen LogP contribution in [0.1, 0.15) is 40.9 Å². The van der Waals surface area contributed by atoms with Crippen molar-refractivity contribution in [3.8, 4) is 0 Å². The summed E-state index contributed by atoms with van der Waals surface area (Å²) in [5.41, 5.74) is 2.04. The summed E-state index contributed by atoms with van der Waals surface area (Å²) in [4.78, 5) is 26.9. The lowest BCUT2D eigenvalue weighted by atomic mass is 10.0. The van der Waals surface area contributed by atoms with Crippen LogP contribution in [0.15, 0.2) is 41.0 Å². The quantitative estimate of drug-likeness (QED) is 0.906. The Morgan fingerprint density at radius 3 is 2.92 bits per heavy atom. The number of nitrogens with one attached hydrogen (secondary N) is 1. The molecule has 2 amide bonds. The third kappa shape index (κ3) is 4.04. The summed E-state index contributed by atoms with van der Waals surface area (Å²) in [6.45, 7) is 2.93. The Bertz CT molecular complexity index is 758. The second-order valence-electron chi connectivity index (χ2n) is 6.28. The average molecular weight is 361 g/mol. The largest absolute Gasteiger partial charge is 0.459 e. The van der Waals surface area contributed by atoms with E-state index in [0.717, 1.165) is 24.0 Å². The van der Waals surface area contributed by atoms with Gasteiger partial charge in [-0.2, -0.15) is 0 Å². The number of hydrogen-bond acceptors (Lipinski definition) is 3.